The fourth-order valence-corrected chi connectivity index (χ4v) is 4.01. The van der Waals surface area contributed by atoms with Crippen molar-refractivity contribution in [3.63, 3.8) is 0 Å². The lowest BCUT2D eigenvalue weighted by atomic mass is 9.95. The average molecular weight is 282 g/mol. The van der Waals surface area contributed by atoms with E-state index in [2.05, 4.69) is 39.7 Å². The molecule has 1 heterocycles. The van der Waals surface area contributed by atoms with Crippen LogP contribution in [-0.4, -0.2) is 20.8 Å². The van der Waals surface area contributed by atoms with Gasteiger partial charge in [-0.1, -0.05) is 30.7 Å². The number of hydrogen-bond donors (Lipinski definition) is 1. The van der Waals surface area contributed by atoms with Crippen LogP contribution in [0.5, 0.6) is 0 Å². The summed E-state index contributed by atoms with van der Waals surface area (Å²) in [5.74, 6) is 1.96. The first kappa shape index (κ1) is 13.0. The zero-order valence-corrected chi connectivity index (χ0v) is 12.3. The molecular formula is C17H22N4. The van der Waals surface area contributed by atoms with E-state index in [0.29, 0.717) is 0 Å². The van der Waals surface area contributed by atoms with E-state index in [9.17, 15) is 0 Å². The van der Waals surface area contributed by atoms with Gasteiger partial charge in [-0.2, -0.15) is 5.10 Å². The molecule has 0 amide bonds. The van der Waals surface area contributed by atoms with Crippen molar-refractivity contribution >= 4 is 0 Å². The van der Waals surface area contributed by atoms with Crippen molar-refractivity contribution in [3.05, 3.63) is 48.0 Å². The predicted octanol–water partition coefficient (Wildman–Crippen LogP) is 2.60. The third-order valence-electron chi connectivity index (χ3n) is 5.14. The second-order valence-corrected chi connectivity index (χ2v) is 6.57. The lowest BCUT2D eigenvalue weighted by Crippen LogP contribution is -2.33. The summed E-state index contributed by atoms with van der Waals surface area (Å²) < 4.78 is 1.85. The number of aromatic nitrogens is 3. The van der Waals surface area contributed by atoms with Crippen molar-refractivity contribution in [1.29, 1.82) is 0 Å². The Morgan fingerprint density at radius 1 is 1.10 bits per heavy atom. The number of benzene rings is 1. The Balaban J connectivity index is 1.32. The molecule has 4 rings (SSSR count). The van der Waals surface area contributed by atoms with Gasteiger partial charge in [0.05, 0.1) is 6.54 Å². The summed E-state index contributed by atoms with van der Waals surface area (Å²) in [6, 6.07) is 9.61. The number of hydrogen-bond acceptors (Lipinski definition) is 3. The molecule has 2 aliphatic carbocycles. The molecule has 0 spiro atoms. The molecule has 0 saturated heterocycles. The maximum Gasteiger partial charge on any atom is 0.137 e. The highest BCUT2D eigenvalue weighted by atomic mass is 15.3. The van der Waals surface area contributed by atoms with Crippen molar-refractivity contribution in [2.24, 2.45) is 11.8 Å². The van der Waals surface area contributed by atoms with Gasteiger partial charge in [0.25, 0.3) is 0 Å². The zero-order valence-electron chi connectivity index (χ0n) is 12.3. The Labute approximate surface area is 125 Å². The van der Waals surface area contributed by atoms with Crippen LogP contribution in [0.3, 0.4) is 0 Å². The highest BCUT2D eigenvalue weighted by molar-refractivity contribution is 5.22. The molecule has 2 saturated carbocycles. The molecule has 0 unspecified atom stereocenters. The van der Waals surface area contributed by atoms with Crippen LogP contribution in [-0.2, 0) is 13.1 Å². The van der Waals surface area contributed by atoms with Gasteiger partial charge in [-0.25, -0.2) is 9.67 Å². The standard InChI is InChI=1S/C17H22N4/c1-3-14(10-21-12-18-11-20-21)4-2-13(1)9-19-17-8-15-5-6-16(17)7-15/h1-4,11-12,15-17,19H,5-10H2/t15-,16-,17-/m0/s1. The van der Waals surface area contributed by atoms with Crippen LogP contribution in [0.15, 0.2) is 36.9 Å². The second kappa shape index (κ2) is 5.60. The second-order valence-electron chi connectivity index (χ2n) is 6.57. The lowest BCUT2D eigenvalue weighted by molar-refractivity contribution is 0.351. The summed E-state index contributed by atoms with van der Waals surface area (Å²) >= 11 is 0. The first-order chi connectivity index (χ1) is 10.4. The van der Waals surface area contributed by atoms with Crippen LogP contribution in [0.1, 0.15) is 36.8 Å². The Bertz CT molecular complexity index is 575. The van der Waals surface area contributed by atoms with E-state index < -0.39 is 0 Å². The third-order valence-corrected chi connectivity index (χ3v) is 5.14. The van der Waals surface area contributed by atoms with Crippen LogP contribution >= 0.6 is 0 Å². The molecule has 21 heavy (non-hydrogen) atoms. The van der Waals surface area contributed by atoms with Crippen LogP contribution < -0.4 is 5.32 Å². The SMILES string of the molecule is c1ncn(Cc2ccc(CN[C@H]3C[C@H]4CC[C@H]3C4)cc2)n1. The fourth-order valence-electron chi connectivity index (χ4n) is 4.01. The van der Waals surface area contributed by atoms with Gasteiger partial charge >= 0.3 is 0 Å². The number of nitrogens with zero attached hydrogens (tertiary/aromatic N) is 3. The van der Waals surface area contributed by atoms with Crippen LogP contribution in [0.25, 0.3) is 0 Å². The predicted molar refractivity (Wildman–Crippen MR) is 81.6 cm³/mol. The normalized spacial score (nSPS) is 27.3. The molecular weight excluding hydrogens is 260 g/mol. The first-order valence-electron chi connectivity index (χ1n) is 8.00. The Morgan fingerprint density at radius 3 is 2.62 bits per heavy atom. The molecule has 1 aromatic heterocycles. The van der Waals surface area contributed by atoms with Crippen LogP contribution in [0.2, 0.25) is 0 Å². The number of nitrogens with one attached hydrogen (secondary N) is 1. The van der Waals surface area contributed by atoms with Gasteiger partial charge in [-0.05, 0) is 42.2 Å². The van der Waals surface area contributed by atoms with E-state index >= 15 is 0 Å². The van der Waals surface area contributed by atoms with Gasteiger partial charge in [0.15, 0.2) is 0 Å². The highest BCUT2D eigenvalue weighted by Crippen LogP contribution is 2.44. The van der Waals surface area contributed by atoms with E-state index in [1.54, 1.807) is 12.7 Å². The third kappa shape index (κ3) is 2.86. The molecule has 2 aliphatic rings. The summed E-state index contributed by atoms with van der Waals surface area (Å²) in [6.45, 7) is 1.79. The minimum absolute atomic E-state index is 0.763. The Morgan fingerprint density at radius 2 is 1.95 bits per heavy atom. The van der Waals surface area contributed by atoms with Crippen LogP contribution in [0.4, 0.5) is 0 Å². The molecule has 2 fully saturated rings. The summed E-state index contributed by atoms with van der Waals surface area (Å²) in [4.78, 5) is 3.97. The summed E-state index contributed by atoms with van der Waals surface area (Å²) in [7, 11) is 0. The lowest BCUT2D eigenvalue weighted by Gasteiger charge is -2.23. The molecule has 2 bridgehead atoms. The van der Waals surface area contributed by atoms with E-state index in [1.165, 1.54) is 36.8 Å². The summed E-state index contributed by atoms with van der Waals surface area (Å²) in [6.07, 6.45) is 9.11. The molecule has 0 radical (unpaired) electrons. The largest absolute Gasteiger partial charge is 0.310 e. The first-order valence-corrected chi connectivity index (χ1v) is 8.00. The zero-order chi connectivity index (χ0) is 14.1. The average Bonchev–Trinajstić information content (AvgIpc) is 3.24. The number of rotatable bonds is 5. The maximum atomic E-state index is 4.14. The van der Waals surface area contributed by atoms with E-state index in [-0.39, 0.29) is 0 Å². The molecule has 0 aliphatic heterocycles. The quantitative estimate of drug-likeness (QED) is 0.916. The van der Waals surface area contributed by atoms with E-state index in [0.717, 1.165) is 31.0 Å². The minimum atomic E-state index is 0.763. The summed E-state index contributed by atoms with van der Waals surface area (Å²) in [5.41, 5.74) is 2.64. The summed E-state index contributed by atoms with van der Waals surface area (Å²) in [5, 5.41) is 7.90. The van der Waals surface area contributed by atoms with Crippen molar-refractivity contribution in [1.82, 2.24) is 20.1 Å². The molecule has 1 aromatic carbocycles. The van der Waals surface area contributed by atoms with Crippen molar-refractivity contribution in [3.8, 4) is 0 Å². The highest BCUT2D eigenvalue weighted by Gasteiger charge is 2.38. The van der Waals surface area contributed by atoms with E-state index in [4.69, 9.17) is 0 Å². The Kier molecular flexibility index (Phi) is 3.47. The van der Waals surface area contributed by atoms with Crippen molar-refractivity contribution in [2.75, 3.05) is 0 Å². The molecule has 110 valence electrons. The van der Waals surface area contributed by atoms with Gasteiger partial charge < -0.3 is 5.32 Å². The van der Waals surface area contributed by atoms with Gasteiger partial charge in [0.2, 0.25) is 0 Å². The van der Waals surface area contributed by atoms with Gasteiger partial charge in [0, 0.05) is 12.6 Å². The fraction of sp³-hybridized carbons (Fsp3) is 0.529. The van der Waals surface area contributed by atoms with Gasteiger partial charge in [0.1, 0.15) is 12.7 Å². The molecule has 2 aromatic rings. The smallest absolute Gasteiger partial charge is 0.137 e. The molecule has 1 N–H and O–H groups in total. The van der Waals surface area contributed by atoms with Crippen LogP contribution in [0, 0.1) is 11.8 Å². The van der Waals surface area contributed by atoms with Crippen molar-refractivity contribution in [2.45, 2.75) is 44.8 Å². The maximum absolute atomic E-state index is 4.14. The van der Waals surface area contributed by atoms with Gasteiger partial charge in [-0.15, -0.1) is 0 Å². The Hall–Kier alpha value is -1.68. The molecule has 3 atom stereocenters. The molecule has 4 heteroatoms. The molecule has 4 nitrogen and oxygen atoms in total. The van der Waals surface area contributed by atoms with E-state index in [1.807, 2.05) is 4.68 Å². The number of fused-ring (bicyclic) bond motifs is 2. The van der Waals surface area contributed by atoms with Gasteiger partial charge in [-0.3, -0.25) is 0 Å². The topological polar surface area (TPSA) is 42.7 Å². The minimum Gasteiger partial charge on any atom is -0.310 e. The van der Waals surface area contributed by atoms with Crippen molar-refractivity contribution < 1.29 is 0 Å². The monoisotopic (exact) mass is 282 g/mol.